The lowest BCUT2D eigenvalue weighted by Crippen LogP contribution is -2.45. The molecule has 2 rings (SSSR count). The molecule has 2 heterocycles. The number of rotatable bonds is 4. The monoisotopic (exact) mass is 240 g/mol. The maximum Gasteiger partial charge on any atom is 0.0491 e. The smallest absolute Gasteiger partial charge is 0.0491 e. The maximum atomic E-state index is 5.26. The molecule has 100 valence electrons. The summed E-state index contributed by atoms with van der Waals surface area (Å²) in [5, 5.41) is 3.47. The van der Waals surface area contributed by atoms with Crippen LogP contribution in [-0.4, -0.2) is 51.3 Å². The molecule has 0 atom stereocenters. The molecule has 0 saturated carbocycles. The molecule has 2 fully saturated rings. The highest BCUT2D eigenvalue weighted by molar-refractivity contribution is 4.85. The lowest BCUT2D eigenvalue weighted by Gasteiger charge is -2.41. The summed E-state index contributed by atoms with van der Waals surface area (Å²) < 4.78 is 5.26. The summed E-state index contributed by atoms with van der Waals surface area (Å²) in [4.78, 5) is 2.68. The first-order valence-corrected chi connectivity index (χ1v) is 7.14. The van der Waals surface area contributed by atoms with Gasteiger partial charge < -0.3 is 15.0 Å². The number of ether oxygens (including phenoxy) is 1. The van der Waals surface area contributed by atoms with E-state index in [1.165, 1.54) is 58.4 Å². The van der Waals surface area contributed by atoms with E-state index in [1.54, 1.807) is 0 Å². The highest BCUT2D eigenvalue weighted by Crippen LogP contribution is 2.30. The van der Waals surface area contributed by atoms with Crippen LogP contribution in [0.25, 0.3) is 0 Å². The quantitative estimate of drug-likeness (QED) is 0.810. The van der Waals surface area contributed by atoms with E-state index in [2.05, 4.69) is 17.1 Å². The summed E-state index contributed by atoms with van der Waals surface area (Å²) in [5.74, 6) is 0.803. The van der Waals surface area contributed by atoms with Crippen LogP contribution in [0.2, 0.25) is 0 Å². The van der Waals surface area contributed by atoms with Gasteiger partial charge in [0.05, 0.1) is 0 Å². The van der Waals surface area contributed by atoms with E-state index in [4.69, 9.17) is 4.74 Å². The second-order valence-corrected chi connectivity index (χ2v) is 6.24. The molecule has 17 heavy (non-hydrogen) atoms. The van der Waals surface area contributed by atoms with Crippen molar-refractivity contribution < 1.29 is 4.74 Å². The van der Waals surface area contributed by atoms with Gasteiger partial charge in [0.15, 0.2) is 0 Å². The van der Waals surface area contributed by atoms with Crippen LogP contribution >= 0.6 is 0 Å². The molecule has 2 aliphatic rings. The zero-order valence-corrected chi connectivity index (χ0v) is 11.5. The summed E-state index contributed by atoms with van der Waals surface area (Å²) in [6, 6.07) is 0. The molecule has 0 aromatic rings. The van der Waals surface area contributed by atoms with Crippen LogP contribution in [0, 0.1) is 11.3 Å². The van der Waals surface area contributed by atoms with Gasteiger partial charge in [0.1, 0.15) is 0 Å². The van der Waals surface area contributed by atoms with Crippen molar-refractivity contribution >= 4 is 0 Å². The lowest BCUT2D eigenvalue weighted by molar-refractivity contribution is 0.0675. The first kappa shape index (κ1) is 13.3. The van der Waals surface area contributed by atoms with E-state index >= 15 is 0 Å². The third-order valence-corrected chi connectivity index (χ3v) is 4.53. The largest absolute Gasteiger partial charge is 0.384 e. The molecule has 0 radical (unpaired) electrons. The van der Waals surface area contributed by atoms with Crippen molar-refractivity contribution in [3.8, 4) is 0 Å². The van der Waals surface area contributed by atoms with Gasteiger partial charge in [-0.25, -0.2) is 0 Å². The van der Waals surface area contributed by atoms with Gasteiger partial charge in [-0.3, -0.25) is 0 Å². The van der Waals surface area contributed by atoms with Crippen molar-refractivity contribution in [1.29, 1.82) is 0 Å². The molecule has 2 aliphatic heterocycles. The van der Waals surface area contributed by atoms with E-state index in [0.29, 0.717) is 5.41 Å². The molecule has 0 spiro atoms. The molecular formula is C14H28N2O. The van der Waals surface area contributed by atoms with Crippen molar-refractivity contribution in [3.63, 3.8) is 0 Å². The van der Waals surface area contributed by atoms with E-state index in [9.17, 15) is 0 Å². The van der Waals surface area contributed by atoms with Crippen LogP contribution in [0.1, 0.15) is 32.6 Å². The number of methoxy groups -OCH3 is 1. The minimum atomic E-state index is 0.555. The molecule has 0 unspecified atom stereocenters. The molecule has 1 N–H and O–H groups in total. The summed E-state index contributed by atoms with van der Waals surface area (Å²) in [7, 11) is 1.82. The minimum Gasteiger partial charge on any atom is -0.384 e. The van der Waals surface area contributed by atoms with Crippen molar-refractivity contribution in [2.24, 2.45) is 11.3 Å². The first-order chi connectivity index (χ1) is 8.22. The zero-order valence-electron chi connectivity index (χ0n) is 11.5. The van der Waals surface area contributed by atoms with Crippen LogP contribution in [0.4, 0.5) is 0 Å². The van der Waals surface area contributed by atoms with Crippen LogP contribution < -0.4 is 5.32 Å². The highest BCUT2D eigenvalue weighted by atomic mass is 16.5. The van der Waals surface area contributed by atoms with Crippen molar-refractivity contribution in [3.05, 3.63) is 0 Å². The SMILES string of the molecule is COCC1CCN(CC2(C)CCNCC2)CC1. The minimum absolute atomic E-state index is 0.555. The zero-order chi connectivity index (χ0) is 12.1. The van der Waals surface area contributed by atoms with Gasteiger partial charge in [-0.1, -0.05) is 6.92 Å². The number of nitrogens with zero attached hydrogens (tertiary/aromatic N) is 1. The molecule has 0 aliphatic carbocycles. The van der Waals surface area contributed by atoms with Gasteiger partial charge in [-0.15, -0.1) is 0 Å². The Morgan fingerprint density at radius 1 is 1.24 bits per heavy atom. The van der Waals surface area contributed by atoms with Crippen molar-refractivity contribution in [1.82, 2.24) is 10.2 Å². The van der Waals surface area contributed by atoms with Crippen LogP contribution in [-0.2, 0) is 4.74 Å². The first-order valence-electron chi connectivity index (χ1n) is 7.14. The summed E-state index contributed by atoms with van der Waals surface area (Å²) in [5.41, 5.74) is 0.555. The normalized spacial score (nSPS) is 27.2. The second-order valence-electron chi connectivity index (χ2n) is 6.24. The molecule has 3 heteroatoms. The molecule has 0 bridgehead atoms. The predicted molar refractivity (Wildman–Crippen MR) is 71.3 cm³/mol. The lowest BCUT2D eigenvalue weighted by atomic mass is 9.80. The Morgan fingerprint density at radius 3 is 2.47 bits per heavy atom. The van der Waals surface area contributed by atoms with Crippen molar-refractivity contribution in [2.75, 3.05) is 46.4 Å². The molecule has 3 nitrogen and oxygen atoms in total. The Morgan fingerprint density at radius 2 is 1.88 bits per heavy atom. The molecule has 0 amide bonds. The number of piperidine rings is 2. The van der Waals surface area contributed by atoms with Gasteiger partial charge in [-0.05, 0) is 63.2 Å². The van der Waals surface area contributed by atoms with E-state index in [-0.39, 0.29) is 0 Å². The number of likely N-dealkylation sites (tertiary alicyclic amines) is 1. The maximum absolute atomic E-state index is 5.26. The van der Waals surface area contributed by atoms with E-state index < -0.39 is 0 Å². The number of hydrogen-bond donors (Lipinski definition) is 1. The Balaban J connectivity index is 1.73. The molecule has 0 aromatic heterocycles. The average Bonchev–Trinajstić information content (AvgIpc) is 2.33. The molecule has 2 saturated heterocycles. The fraction of sp³-hybridized carbons (Fsp3) is 1.00. The predicted octanol–water partition coefficient (Wildman–Crippen LogP) is 1.73. The van der Waals surface area contributed by atoms with Crippen LogP contribution in [0.15, 0.2) is 0 Å². The van der Waals surface area contributed by atoms with Gasteiger partial charge in [-0.2, -0.15) is 0 Å². The number of nitrogens with one attached hydrogen (secondary N) is 1. The highest BCUT2D eigenvalue weighted by Gasteiger charge is 2.30. The third-order valence-electron chi connectivity index (χ3n) is 4.53. The van der Waals surface area contributed by atoms with Crippen molar-refractivity contribution in [2.45, 2.75) is 32.6 Å². The Hall–Kier alpha value is -0.120. The van der Waals surface area contributed by atoms with Gasteiger partial charge in [0, 0.05) is 20.3 Å². The Labute approximate surface area is 106 Å². The van der Waals surface area contributed by atoms with Crippen LogP contribution in [0.5, 0.6) is 0 Å². The Bertz CT molecular complexity index is 218. The molecular weight excluding hydrogens is 212 g/mol. The standard InChI is InChI=1S/C14H28N2O/c1-14(5-7-15-8-6-14)12-16-9-3-13(4-10-16)11-17-2/h13,15H,3-12H2,1-2H3. The van der Waals surface area contributed by atoms with Gasteiger partial charge in [0.2, 0.25) is 0 Å². The molecule has 0 aromatic carbocycles. The van der Waals surface area contributed by atoms with E-state index in [0.717, 1.165) is 12.5 Å². The topological polar surface area (TPSA) is 24.5 Å². The summed E-state index contributed by atoms with van der Waals surface area (Å²) in [6.45, 7) is 9.68. The Kier molecular flexibility index (Phi) is 4.83. The third kappa shape index (κ3) is 3.94. The van der Waals surface area contributed by atoms with E-state index in [1.807, 2.05) is 7.11 Å². The van der Waals surface area contributed by atoms with Crippen LogP contribution in [0.3, 0.4) is 0 Å². The average molecular weight is 240 g/mol. The fourth-order valence-corrected chi connectivity index (χ4v) is 3.28. The fourth-order valence-electron chi connectivity index (χ4n) is 3.28. The summed E-state index contributed by atoms with van der Waals surface area (Å²) in [6.07, 6.45) is 5.32. The number of hydrogen-bond acceptors (Lipinski definition) is 3. The van der Waals surface area contributed by atoms with Gasteiger partial charge >= 0.3 is 0 Å². The summed E-state index contributed by atoms with van der Waals surface area (Å²) >= 11 is 0. The van der Waals surface area contributed by atoms with Gasteiger partial charge in [0.25, 0.3) is 0 Å². The second kappa shape index (κ2) is 6.17.